The molecule has 3 heterocycles. The van der Waals surface area contributed by atoms with Gasteiger partial charge in [-0.05, 0) is 69.5 Å². The second-order valence-corrected chi connectivity index (χ2v) is 7.52. The van der Waals surface area contributed by atoms with Crippen molar-refractivity contribution >= 4 is 11.6 Å². The van der Waals surface area contributed by atoms with Gasteiger partial charge in [0.25, 0.3) is 5.91 Å². The molecule has 0 radical (unpaired) electrons. The van der Waals surface area contributed by atoms with Crippen LogP contribution in [0.25, 0.3) is 0 Å². The minimum Gasteiger partial charge on any atom is -0.378 e. The van der Waals surface area contributed by atoms with Gasteiger partial charge in [-0.1, -0.05) is 0 Å². The van der Waals surface area contributed by atoms with Crippen LogP contribution in [0.1, 0.15) is 42.5 Å². The summed E-state index contributed by atoms with van der Waals surface area (Å²) in [6.07, 6.45) is 6.38. The van der Waals surface area contributed by atoms with Crippen LogP contribution in [0.5, 0.6) is 0 Å². The molecule has 3 fully saturated rings. The number of rotatable bonds is 4. The number of hydrogen-bond donors (Lipinski definition) is 1. The van der Waals surface area contributed by atoms with Gasteiger partial charge in [-0.3, -0.25) is 9.69 Å². The molecule has 1 aromatic rings. The Hall–Kier alpha value is -1.59. The zero-order chi connectivity index (χ0) is 17.1. The molecule has 5 heteroatoms. The standard InChI is InChI=1S/C20H29N3O2/c24-20(21-18-14-25-15-19(18)23-12-4-5-13-23)16-6-8-17(9-7-16)22-10-2-1-3-11-22/h6-9,18-19H,1-5,10-15H2,(H,21,24)/t18-,19-/m1/s1. The normalized spacial score (nSPS) is 27.6. The number of carbonyl (C=O) groups is 1. The molecule has 3 saturated heterocycles. The molecule has 25 heavy (non-hydrogen) atoms. The predicted molar refractivity (Wildman–Crippen MR) is 99.2 cm³/mol. The van der Waals surface area contributed by atoms with Crippen LogP contribution in [-0.4, -0.2) is 62.3 Å². The summed E-state index contributed by atoms with van der Waals surface area (Å²) in [6.45, 7) is 5.87. The predicted octanol–water partition coefficient (Wildman–Crippen LogP) is 2.27. The summed E-state index contributed by atoms with van der Waals surface area (Å²) < 4.78 is 5.65. The highest BCUT2D eigenvalue weighted by molar-refractivity contribution is 5.94. The molecule has 0 spiro atoms. The largest absolute Gasteiger partial charge is 0.378 e. The molecule has 5 nitrogen and oxygen atoms in total. The molecule has 3 aliphatic rings. The van der Waals surface area contributed by atoms with E-state index < -0.39 is 0 Å². The molecule has 1 amide bonds. The maximum Gasteiger partial charge on any atom is 0.251 e. The second kappa shape index (κ2) is 7.75. The zero-order valence-electron chi connectivity index (χ0n) is 15.0. The van der Waals surface area contributed by atoms with E-state index >= 15 is 0 Å². The number of amides is 1. The number of hydrogen-bond acceptors (Lipinski definition) is 4. The SMILES string of the molecule is O=C(N[C@@H]1COC[C@H]1N1CCCC1)c1ccc(N2CCCCC2)cc1. The number of ether oxygens (including phenoxy) is 1. The monoisotopic (exact) mass is 343 g/mol. The Morgan fingerprint density at radius 3 is 2.32 bits per heavy atom. The van der Waals surface area contributed by atoms with Gasteiger partial charge < -0.3 is 15.0 Å². The van der Waals surface area contributed by atoms with Gasteiger partial charge >= 0.3 is 0 Å². The Labute approximate surface area is 150 Å². The van der Waals surface area contributed by atoms with Gasteiger partial charge in [0.05, 0.1) is 25.3 Å². The smallest absolute Gasteiger partial charge is 0.251 e. The molecule has 0 unspecified atom stereocenters. The molecule has 0 saturated carbocycles. The first-order valence-electron chi connectivity index (χ1n) is 9.79. The van der Waals surface area contributed by atoms with E-state index in [4.69, 9.17) is 4.74 Å². The first-order valence-corrected chi connectivity index (χ1v) is 9.79. The number of likely N-dealkylation sites (tertiary alicyclic amines) is 1. The maximum absolute atomic E-state index is 12.6. The summed E-state index contributed by atoms with van der Waals surface area (Å²) in [5, 5.41) is 3.20. The van der Waals surface area contributed by atoms with Crippen LogP contribution in [-0.2, 0) is 4.74 Å². The summed E-state index contributed by atoms with van der Waals surface area (Å²) in [5.41, 5.74) is 1.98. The summed E-state index contributed by atoms with van der Waals surface area (Å²) in [4.78, 5) is 17.5. The highest BCUT2D eigenvalue weighted by Gasteiger charge is 2.35. The number of nitrogens with one attached hydrogen (secondary N) is 1. The van der Waals surface area contributed by atoms with E-state index in [1.54, 1.807) is 0 Å². The highest BCUT2D eigenvalue weighted by Crippen LogP contribution is 2.22. The Balaban J connectivity index is 1.37. The molecule has 2 atom stereocenters. The van der Waals surface area contributed by atoms with E-state index in [0.717, 1.165) is 38.3 Å². The minimum absolute atomic E-state index is 0.0184. The molecular formula is C20H29N3O2. The van der Waals surface area contributed by atoms with Crippen LogP contribution in [0.15, 0.2) is 24.3 Å². The van der Waals surface area contributed by atoms with E-state index in [-0.39, 0.29) is 11.9 Å². The lowest BCUT2D eigenvalue weighted by Gasteiger charge is -2.29. The van der Waals surface area contributed by atoms with Gasteiger partial charge in [-0.2, -0.15) is 0 Å². The van der Waals surface area contributed by atoms with E-state index in [1.165, 1.54) is 37.8 Å². The lowest BCUT2D eigenvalue weighted by atomic mass is 10.1. The first-order chi connectivity index (χ1) is 12.3. The lowest BCUT2D eigenvalue weighted by molar-refractivity contribution is 0.0916. The molecule has 1 N–H and O–H groups in total. The molecule has 0 bridgehead atoms. The van der Waals surface area contributed by atoms with Gasteiger partial charge in [0.2, 0.25) is 0 Å². The summed E-state index contributed by atoms with van der Waals surface area (Å²) in [6, 6.07) is 8.53. The third kappa shape index (κ3) is 3.82. The van der Waals surface area contributed by atoms with Crippen molar-refractivity contribution in [2.75, 3.05) is 44.3 Å². The molecule has 1 aromatic carbocycles. The zero-order valence-corrected chi connectivity index (χ0v) is 15.0. The second-order valence-electron chi connectivity index (χ2n) is 7.52. The fraction of sp³-hybridized carbons (Fsp3) is 0.650. The van der Waals surface area contributed by atoms with Gasteiger partial charge in [0, 0.05) is 24.3 Å². The third-order valence-electron chi connectivity index (χ3n) is 5.83. The number of nitrogens with zero attached hydrogens (tertiary/aromatic N) is 2. The third-order valence-corrected chi connectivity index (χ3v) is 5.83. The molecule has 0 aliphatic carbocycles. The van der Waals surface area contributed by atoms with Gasteiger partial charge in [0.1, 0.15) is 0 Å². The average Bonchev–Trinajstić information content (AvgIpc) is 3.34. The van der Waals surface area contributed by atoms with Gasteiger partial charge in [0.15, 0.2) is 0 Å². The lowest BCUT2D eigenvalue weighted by Crippen LogP contribution is -2.50. The van der Waals surface area contributed by atoms with Crippen LogP contribution < -0.4 is 10.2 Å². The van der Waals surface area contributed by atoms with E-state index in [0.29, 0.717) is 12.6 Å². The average molecular weight is 343 g/mol. The minimum atomic E-state index is 0.0184. The Bertz CT molecular complexity index is 577. The van der Waals surface area contributed by atoms with Crippen molar-refractivity contribution in [3.05, 3.63) is 29.8 Å². The molecular weight excluding hydrogens is 314 g/mol. The van der Waals surface area contributed by atoms with Crippen molar-refractivity contribution in [2.24, 2.45) is 0 Å². The fourth-order valence-corrected chi connectivity index (χ4v) is 4.34. The van der Waals surface area contributed by atoms with Crippen molar-refractivity contribution in [3.8, 4) is 0 Å². The molecule has 0 aromatic heterocycles. The Kier molecular flexibility index (Phi) is 5.22. The van der Waals surface area contributed by atoms with Crippen molar-refractivity contribution < 1.29 is 9.53 Å². The topological polar surface area (TPSA) is 44.8 Å². The molecule has 136 valence electrons. The summed E-state index contributed by atoms with van der Waals surface area (Å²) in [7, 11) is 0. The Morgan fingerprint density at radius 1 is 0.920 bits per heavy atom. The quantitative estimate of drug-likeness (QED) is 0.911. The summed E-state index contributed by atoms with van der Waals surface area (Å²) >= 11 is 0. The van der Waals surface area contributed by atoms with E-state index in [9.17, 15) is 4.79 Å². The number of benzene rings is 1. The first kappa shape index (κ1) is 16.9. The molecule has 3 aliphatic heterocycles. The van der Waals surface area contributed by atoms with Crippen LogP contribution in [0, 0.1) is 0 Å². The van der Waals surface area contributed by atoms with Gasteiger partial charge in [-0.25, -0.2) is 0 Å². The fourth-order valence-electron chi connectivity index (χ4n) is 4.34. The maximum atomic E-state index is 12.6. The number of anilines is 1. The van der Waals surface area contributed by atoms with Crippen LogP contribution in [0.4, 0.5) is 5.69 Å². The highest BCUT2D eigenvalue weighted by atomic mass is 16.5. The van der Waals surface area contributed by atoms with Gasteiger partial charge in [-0.15, -0.1) is 0 Å². The van der Waals surface area contributed by atoms with Crippen molar-refractivity contribution in [3.63, 3.8) is 0 Å². The van der Waals surface area contributed by atoms with Crippen LogP contribution in [0.3, 0.4) is 0 Å². The molecule has 4 rings (SSSR count). The van der Waals surface area contributed by atoms with E-state index in [1.807, 2.05) is 12.1 Å². The van der Waals surface area contributed by atoms with Crippen LogP contribution >= 0.6 is 0 Å². The number of piperidine rings is 1. The van der Waals surface area contributed by atoms with Crippen molar-refractivity contribution in [1.82, 2.24) is 10.2 Å². The van der Waals surface area contributed by atoms with E-state index in [2.05, 4.69) is 27.2 Å². The van der Waals surface area contributed by atoms with Crippen molar-refractivity contribution in [2.45, 2.75) is 44.2 Å². The number of carbonyl (C=O) groups excluding carboxylic acids is 1. The Morgan fingerprint density at radius 2 is 1.60 bits per heavy atom. The van der Waals surface area contributed by atoms with Crippen molar-refractivity contribution in [1.29, 1.82) is 0 Å². The van der Waals surface area contributed by atoms with Crippen LogP contribution in [0.2, 0.25) is 0 Å². The summed E-state index contributed by atoms with van der Waals surface area (Å²) in [5.74, 6) is 0.0184.